The predicted octanol–water partition coefficient (Wildman–Crippen LogP) is 3.01. The van der Waals surface area contributed by atoms with Gasteiger partial charge in [0, 0.05) is 18.8 Å². The summed E-state index contributed by atoms with van der Waals surface area (Å²) in [5, 5.41) is 0. The lowest BCUT2D eigenvalue weighted by Crippen LogP contribution is -2.06. The van der Waals surface area contributed by atoms with Gasteiger partial charge in [0.15, 0.2) is 11.6 Å². The number of aryl methyl sites for hydroxylation is 2. The first-order chi connectivity index (χ1) is 9.79. The maximum atomic E-state index is 12.0. The highest BCUT2D eigenvalue weighted by Gasteiger charge is 2.19. The van der Waals surface area contributed by atoms with Gasteiger partial charge in [-0.05, 0) is 37.3 Å². The maximum absolute atomic E-state index is 12.0. The van der Waals surface area contributed by atoms with Crippen molar-refractivity contribution in [1.82, 2.24) is 15.0 Å². The van der Waals surface area contributed by atoms with Gasteiger partial charge in [-0.2, -0.15) is 0 Å². The Bertz CT molecular complexity index is 652. The predicted molar refractivity (Wildman–Crippen MR) is 76.5 cm³/mol. The zero-order valence-electron chi connectivity index (χ0n) is 11.6. The second-order valence-corrected chi connectivity index (χ2v) is 5.05. The number of hydrogen-bond acceptors (Lipinski definition) is 4. The molecule has 2 heterocycles. The fourth-order valence-corrected chi connectivity index (χ4v) is 2.59. The minimum atomic E-state index is 0.167. The molecule has 0 fully saturated rings. The van der Waals surface area contributed by atoms with Crippen LogP contribution >= 0.6 is 0 Å². The first kappa shape index (κ1) is 12.9. The SMILES string of the molecule is CCc1cccnc1-c1ncc2c(n1)CCCCC2=O. The van der Waals surface area contributed by atoms with Gasteiger partial charge in [-0.3, -0.25) is 9.78 Å². The van der Waals surface area contributed by atoms with Gasteiger partial charge in [0.25, 0.3) is 0 Å². The van der Waals surface area contributed by atoms with E-state index in [-0.39, 0.29) is 5.78 Å². The molecule has 0 aromatic carbocycles. The maximum Gasteiger partial charge on any atom is 0.178 e. The van der Waals surface area contributed by atoms with Crippen molar-refractivity contribution in [3.63, 3.8) is 0 Å². The second-order valence-electron chi connectivity index (χ2n) is 5.05. The van der Waals surface area contributed by atoms with E-state index >= 15 is 0 Å². The lowest BCUT2D eigenvalue weighted by atomic mass is 10.1. The number of fused-ring (bicyclic) bond motifs is 1. The summed E-state index contributed by atoms with van der Waals surface area (Å²) in [7, 11) is 0. The Balaban J connectivity index is 2.08. The summed E-state index contributed by atoms with van der Waals surface area (Å²) < 4.78 is 0. The lowest BCUT2D eigenvalue weighted by Gasteiger charge is -2.08. The van der Waals surface area contributed by atoms with Gasteiger partial charge in [0.2, 0.25) is 0 Å². The largest absolute Gasteiger partial charge is 0.294 e. The average molecular weight is 267 g/mol. The van der Waals surface area contributed by atoms with E-state index in [1.807, 2.05) is 12.1 Å². The zero-order chi connectivity index (χ0) is 13.9. The normalized spacial score (nSPS) is 14.8. The Kier molecular flexibility index (Phi) is 3.54. The van der Waals surface area contributed by atoms with Gasteiger partial charge < -0.3 is 0 Å². The van der Waals surface area contributed by atoms with Gasteiger partial charge in [0.05, 0.1) is 11.3 Å². The van der Waals surface area contributed by atoms with E-state index in [0.717, 1.165) is 42.6 Å². The number of rotatable bonds is 2. The first-order valence-electron chi connectivity index (χ1n) is 7.13. The van der Waals surface area contributed by atoms with Crippen LogP contribution in [0, 0.1) is 0 Å². The van der Waals surface area contributed by atoms with Gasteiger partial charge in [-0.15, -0.1) is 0 Å². The molecule has 0 amide bonds. The van der Waals surface area contributed by atoms with E-state index in [1.54, 1.807) is 12.4 Å². The van der Waals surface area contributed by atoms with Crippen molar-refractivity contribution < 1.29 is 4.79 Å². The average Bonchev–Trinajstić information content (AvgIpc) is 2.68. The van der Waals surface area contributed by atoms with Crippen molar-refractivity contribution in [2.75, 3.05) is 0 Å². The molecular weight excluding hydrogens is 250 g/mol. The Morgan fingerprint density at radius 3 is 2.90 bits per heavy atom. The third kappa shape index (κ3) is 2.33. The highest BCUT2D eigenvalue weighted by Crippen LogP contribution is 2.23. The monoisotopic (exact) mass is 267 g/mol. The van der Waals surface area contributed by atoms with E-state index in [1.165, 1.54) is 0 Å². The summed E-state index contributed by atoms with van der Waals surface area (Å²) in [5.41, 5.74) is 3.53. The third-order valence-electron chi connectivity index (χ3n) is 3.72. The van der Waals surface area contributed by atoms with Gasteiger partial charge in [0.1, 0.15) is 5.69 Å². The number of carbonyl (C=O) groups excluding carboxylic acids is 1. The van der Waals surface area contributed by atoms with Gasteiger partial charge in [-0.25, -0.2) is 9.97 Å². The molecule has 0 bridgehead atoms. The molecule has 3 rings (SSSR count). The molecule has 1 aliphatic carbocycles. The molecule has 4 nitrogen and oxygen atoms in total. The molecule has 0 N–H and O–H groups in total. The fraction of sp³-hybridized carbons (Fsp3) is 0.375. The molecule has 2 aromatic rings. The molecule has 0 aliphatic heterocycles. The smallest absolute Gasteiger partial charge is 0.178 e. The standard InChI is InChI=1S/C16H17N3O/c1-2-11-6-5-9-17-15(11)16-18-10-12-13(19-16)7-3-4-8-14(12)20/h5-6,9-10H,2-4,7-8H2,1H3. The van der Waals surface area contributed by atoms with Crippen molar-refractivity contribution >= 4 is 5.78 Å². The van der Waals surface area contributed by atoms with Crippen LogP contribution in [0.3, 0.4) is 0 Å². The molecule has 0 saturated carbocycles. The van der Waals surface area contributed by atoms with Crippen LogP contribution in [-0.4, -0.2) is 20.7 Å². The second kappa shape index (κ2) is 5.49. The highest BCUT2D eigenvalue weighted by atomic mass is 16.1. The van der Waals surface area contributed by atoms with Crippen LogP contribution < -0.4 is 0 Å². The van der Waals surface area contributed by atoms with Gasteiger partial charge >= 0.3 is 0 Å². The van der Waals surface area contributed by atoms with Crippen molar-refractivity contribution in [1.29, 1.82) is 0 Å². The Labute approximate surface area is 118 Å². The first-order valence-corrected chi connectivity index (χ1v) is 7.13. The van der Waals surface area contributed by atoms with E-state index in [4.69, 9.17) is 0 Å². The highest BCUT2D eigenvalue weighted by molar-refractivity contribution is 5.97. The summed E-state index contributed by atoms with van der Waals surface area (Å²) in [6, 6.07) is 3.97. The molecule has 4 heteroatoms. The fourth-order valence-electron chi connectivity index (χ4n) is 2.59. The lowest BCUT2D eigenvalue weighted by molar-refractivity contribution is 0.0981. The molecule has 0 spiro atoms. The van der Waals surface area contributed by atoms with E-state index in [0.29, 0.717) is 17.8 Å². The Morgan fingerprint density at radius 2 is 2.05 bits per heavy atom. The number of ketones is 1. The minimum Gasteiger partial charge on any atom is -0.294 e. The number of hydrogen-bond donors (Lipinski definition) is 0. The van der Waals surface area contributed by atoms with Crippen LogP contribution in [0.2, 0.25) is 0 Å². The van der Waals surface area contributed by atoms with Crippen molar-refractivity contribution in [3.05, 3.63) is 41.3 Å². The minimum absolute atomic E-state index is 0.167. The number of nitrogens with zero attached hydrogens (tertiary/aromatic N) is 3. The molecule has 0 radical (unpaired) electrons. The Hall–Kier alpha value is -2.10. The molecule has 102 valence electrons. The number of pyridine rings is 1. The van der Waals surface area contributed by atoms with Crippen LogP contribution in [0.5, 0.6) is 0 Å². The molecule has 0 saturated heterocycles. The molecule has 2 aromatic heterocycles. The summed E-state index contributed by atoms with van der Waals surface area (Å²) in [5.74, 6) is 0.802. The zero-order valence-corrected chi connectivity index (χ0v) is 11.6. The number of aromatic nitrogens is 3. The summed E-state index contributed by atoms with van der Waals surface area (Å²) in [6.07, 6.45) is 7.74. The van der Waals surface area contributed by atoms with Crippen LogP contribution in [0.1, 0.15) is 47.8 Å². The van der Waals surface area contributed by atoms with Crippen LogP contribution in [0.25, 0.3) is 11.5 Å². The van der Waals surface area contributed by atoms with E-state index in [9.17, 15) is 4.79 Å². The quantitative estimate of drug-likeness (QED) is 0.785. The molecule has 0 atom stereocenters. The van der Waals surface area contributed by atoms with Crippen LogP contribution in [0.15, 0.2) is 24.5 Å². The molecule has 0 unspecified atom stereocenters. The van der Waals surface area contributed by atoms with Crippen molar-refractivity contribution in [2.45, 2.75) is 39.0 Å². The van der Waals surface area contributed by atoms with Crippen LogP contribution in [-0.2, 0) is 12.8 Å². The van der Waals surface area contributed by atoms with Crippen LogP contribution in [0.4, 0.5) is 0 Å². The van der Waals surface area contributed by atoms with E-state index in [2.05, 4.69) is 21.9 Å². The third-order valence-corrected chi connectivity index (χ3v) is 3.72. The topological polar surface area (TPSA) is 55.7 Å². The molecular formula is C16H17N3O. The van der Waals surface area contributed by atoms with Crippen molar-refractivity contribution in [3.8, 4) is 11.5 Å². The Morgan fingerprint density at radius 1 is 1.20 bits per heavy atom. The molecule has 1 aliphatic rings. The number of Topliss-reactive ketones (excluding diaryl/α,β-unsaturated/α-hetero) is 1. The summed E-state index contributed by atoms with van der Waals surface area (Å²) >= 11 is 0. The summed E-state index contributed by atoms with van der Waals surface area (Å²) in [6.45, 7) is 2.09. The van der Waals surface area contributed by atoms with E-state index < -0.39 is 0 Å². The summed E-state index contributed by atoms with van der Waals surface area (Å²) in [4.78, 5) is 25.4. The number of carbonyl (C=O) groups is 1. The van der Waals surface area contributed by atoms with Crippen molar-refractivity contribution in [2.24, 2.45) is 0 Å². The van der Waals surface area contributed by atoms with Gasteiger partial charge in [-0.1, -0.05) is 13.0 Å². The molecule has 20 heavy (non-hydrogen) atoms.